The van der Waals surface area contributed by atoms with Crippen LogP contribution in [0.4, 0.5) is 0 Å². The van der Waals surface area contributed by atoms with Crippen LogP contribution in [0.3, 0.4) is 0 Å². The predicted molar refractivity (Wildman–Crippen MR) is 141 cm³/mol. The van der Waals surface area contributed by atoms with Crippen LogP contribution in [0.5, 0.6) is 5.88 Å². The number of ether oxygens (including phenoxy) is 1. The van der Waals surface area contributed by atoms with Crippen molar-refractivity contribution in [3.8, 4) is 17.0 Å². The number of benzene rings is 3. The largest absolute Gasteiger partial charge is 0.480 e. The van der Waals surface area contributed by atoms with E-state index in [4.69, 9.17) is 16.3 Å². The van der Waals surface area contributed by atoms with E-state index in [1.54, 1.807) is 24.4 Å². The van der Waals surface area contributed by atoms with Gasteiger partial charge in [0.1, 0.15) is 12.6 Å². The zero-order chi connectivity index (χ0) is 25.8. The second-order valence-electron chi connectivity index (χ2n) is 8.92. The molecule has 37 heavy (non-hydrogen) atoms. The lowest BCUT2D eigenvalue weighted by Gasteiger charge is -2.29. The lowest BCUT2D eigenvalue weighted by atomic mass is 10.0. The van der Waals surface area contributed by atoms with Crippen LogP contribution < -0.4 is 4.74 Å². The molecule has 5 rings (SSSR count). The van der Waals surface area contributed by atoms with Gasteiger partial charge in [0.2, 0.25) is 5.88 Å². The second-order valence-corrected chi connectivity index (χ2v) is 9.33. The standard InChI is InChI=1S/C30H25ClN2O4/c31-25-9-5-4-8-24(25)26-15-16-27(30(35)36)33(26)29(34)22-12-10-21(11-13-22)23-14-17-28(32-18-23)37-19-20-6-2-1-3-7-20/h1-14,17-18,26-27H,15-16,19H2,(H,35,36)/t26-,27+/m1/s1. The number of carboxylic acid groups (broad SMARTS) is 1. The molecule has 1 aliphatic heterocycles. The number of halogens is 1. The Labute approximate surface area is 220 Å². The first-order valence-electron chi connectivity index (χ1n) is 12.0. The molecule has 1 N–H and O–H groups in total. The van der Waals surface area contributed by atoms with Crippen molar-refractivity contribution in [1.82, 2.24) is 9.88 Å². The molecule has 0 aliphatic carbocycles. The van der Waals surface area contributed by atoms with Gasteiger partial charge in [-0.3, -0.25) is 4.79 Å². The van der Waals surface area contributed by atoms with Crippen molar-refractivity contribution in [3.63, 3.8) is 0 Å². The fraction of sp³-hybridized carbons (Fsp3) is 0.167. The van der Waals surface area contributed by atoms with Gasteiger partial charge in [-0.2, -0.15) is 0 Å². The lowest BCUT2D eigenvalue weighted by Crippen LogP contribution is -2.41. The normalized spacial score (nSPS) is 16.9. The minimum atomic E-state index is -1.01. The third-order valence-electron chi connectivity index (χ3n) is 6.60. The van der Waals surface area contributed by atoms with Gasteiger partial charge in [0, 0.05) is 28.4 Å². The molecule has 7 heteroatoms. The summed E-state index contributed by atoms with van der Waals surface area (Å²) >= 11 is 6.40. The summed E-state index contributed by atoms with van der Waals surface area (Å²) in [6.07, 6.45) is 2.64. The summed E-state index contributed by atoms with van der Waals surface area (Å²) in [6.45, 7) is 0.438. The number of amides is 1. The molecule has 2 atom stereocenters. The molecule has 0 radical (unpaired) electrons. The number of hydrogen-bond donors (Lipinski definition) is 1. The molecule has 0 saturated carbocycles. The van der Waals surface area contributed by atoms with E-state index in [0.29, 0.717) is 35.9 Å². The Morgan fingerprint density at radius 1 is 0.892 bits per heavy atom. The molecule has 1 aliphatic rings. The molecule has 6 nitrogen and oxygen atoms in total. The van der Waals surface area contributed by atoms with Gasteiger partial charge in [0.25, 0.3) is 5.91 Å². The number of pyridine rings is 1. The highest BCUT2D eigenvalue weighted by molar-refractivity contribution is 6.31. The third-order valence-corrected chi connectivity index (χ3v) is 6.94. The Kier molecular flexibility index (Phi) is 7.19. The third kappa shape index (κ3) is 5.34. The molecule has 186 valence electrons. The molecule has 2 heterocycles. The molecular weight excluding hydrogens is 488 g/mol. The first-order valence-corrected chi connectivity index (χ1v) is 12.4. The topological polar surface area (TPSA) is 79.7 Å². The van der Waals surface area contributed by atoms with Crippen LogP contribution in [0, 0.1) is 0 Å². The Hall–Kier alpha value is -4.16. The number of likely N-dealkylation sites (tertiary alicyclic amines) is 1. The molecule has 0 unspecified atom stereocenters. The number of aliphatic carboxylic acids is 1. The van der Waals surface area contributed by atoms with Crippen molar-refractivity contribution in [2.24, 2.45) is 0 Å². The maximum atomic E-state index is 13.5. The highest BCUT2D eigenvalue weighted by Gasteiger charge is 2.42. The number of aromatic nitrogens is 1. The number of rotatable bonds is 7. The average molecular weight is 513 g/mol. The summed E-state index contributed by atoms with van der Waals surface area (Å²) in [5, 5.41) is 10.3. The van der Waals surface area contributed by atoms with E-state index >= 15 is 0 Å². The van der Waals surface area contributed by atoms with Gasteiger partial charge in [0.05, 0.1) is 6.04 Å². The predicted octanol–water partition coefficient (Wildman–Crippen LogP) is 6.41. The van der Waals surface area contributed by atoms with Crippen LogP contribution in [0.2, 0.25) is 5.02 Å². The molecule has 1 saturated heterocycles. The smallest absolute Gasteiger partial charge is 0.326 e. The zero-order valence-corrected chi connectivity index (χ0v) is 20.7. The van der Waals surface area contributed by atoms with Crippen molar-refractivity contribution < 1.29 is 19.4 Å². The van der Waals surface area contributed by atoms with Gasteiger partial charge in [-0.05, 0) is 53.8 Å². The maximum absolute atomic E-state index is 13.5. The Morgan fingerprint density at radius 3 is 2.27 bits per heavy atom. The lowest BCUT2D eigenvalue weighted by molar-refractivity contribution is -0.141. The van der Waals surface area contributed by atoms with E-state index in [9.17, 15) is 14.7 Å². The Balaban J connectivity index is 1.32. The van der Waals surface area contributed by atoms with Crippen LogP contribution in [0.25, 0.3) is 11.1 Å². The van der Waals surface area contributed by atoms with Crippen LogP contribution >= 0.6 is 11.6 Å². The van der Waals surface area contributed by atoms with E-state index in [1.807, 2.05) is 72.8 Å². The van der Waals surface area contributed by atoms with Crippen LogP contribution in [-0.2, 0) is 11.4 Å². The molecule has 0 spiro atoms. The minimum Gasteiger partial charge on any atom is -0.480 e. The summed E-state index contributed by atoms with van der Waals surface area (Å²) in [7, 11) is 0. The summed E-state index contributed by atoms with van der Waals surface area (Å²) in [4.78, 5) is 31.3. The summed E-state index contributed by atoms with van der Waals surface area (Å²) in [5.74, 6) is -0.817. The first-order chi connectivity index (χ1) is 18.0. The highest BCUT2D eigenvalue weighted by Crippen LogP contribution is 2.40. The van der Waals surface area contributed by atoms with Crippen molar-refractivity contribution in [1.29, 1.82) is 0 Å². The monoisotopic (exact) mass is 512 g/mol. The number of hydrogen-bond acceptors (Lipinski definition) is 4. The highest BCUT2D eigenvalue weighted by atomic mass is 35.5. The van der Waals surface area contributed by atoms with Crippen molar-refractivity contribution in [2.75, 3.05) is 0 Å². The number of carboxylic acids is 1. The van der Waals surface area contributed by atoms with E-state index in [0.717, 1.165) is 22.3 Å². The fourth-order valence-electron chi connectivity index (χ4n) is 4.71. The summed E-state index contributed by atoms with van der Waals surface area (Å²) < 4.78 is 5.76. The molecule has 1 fully saturated rings. The molecular formula is C30H25ClN2O4. The van der Waals surface area contributed by atoms with Crippen molar-refractivity contribution in [3.05, 3.63) is 119 Å². The molecule has 4 aromatic rings. The van der Waals surface area contributed by atoms with Crippen LogP contribution in [0.1, 0.15) is 40.4 Å². The maximum Gasteiger partial charge on any atom is 0.326 e. The minimum absolute atomic E-state index is 0.329. The zero-order valence-electron chi connectivity index (χ0n) is 20.0. The van der Waals surface area contributed by atoms with E-state index in [-0.39, 0.29) is 5.91 Å². The Morgan fingerprint density at radius 2 is 1.59 bits per heavy atom. The van der Waals surface area contributed by atoms with Gasteiger partial charge < -0.3 is 14.7 Å². The van der Waals surface area contributed by atoms with E-state index < -0.39 is 18.1 Å². The van der Waals surface area contributed by atoms with Gasteiger partial charge in [-0.15, -0.1) is 0 Å². The molecule has 1 amide bonds. The molecule has 0 bridgehead atoms. The SMILES string of the molecule is O=C(O)[C@@H]1CC[C@H](c2ccccc2Cl)N1C(=O)c1ccc(-c2ccc(OCc3ccccc3)nc2)cc1. The molecule has 3 aromatic carbocycles. The second kappa shape index (κ2) is 10.8. The van der Waals surface area contributed by atoms with Crippen molar-refractivity contribution >= 4 is 23.5 Å². The van der Waals surface area contributed by atoms with E-state index in [2.05, 4.69) is 4.98 Å². The first kappa shape index (κ1) is 24.5. The Bertz CT molecular complexity index is 1390. The van der Waals surface area contributed by atoms with Gasteiger partial charge in [0.15, 0.2) is 0 Å². The number of carbonyl (C=O) groups is 2. The summed E-state index contributed by atoms with van der Waals surface area (Å²) in [5.41, 5.74) is 4.01. The van der Waals surface area contributed by atoms with Gasteiger partial charge in [-0.1, -0.05) is 72.3 Å². The van der Waals surface area contributed by atoms with Gasteiger partial charge in [-0.25, -0.2) is 9.78 Å². The van der Waals surface area contributed by atoms with Gasteiger partial charge >= 0.3 is 5.97 Å². The summed E-state index contributed by atoms with van der Waals surface area (Å²) in [6, 6.07) is 26.7. The fourth-order valence-corrected chi connectivity index (χ4v) is 4.97. The number of nitrogens with zero attached hydrogens (tertiary/aromatic N) is 2. The average Bonchev–Trinajstić information content (AvgIpc) is 3.38. The molecule has 1 aromatic heterocycles. The van der Waals surface area contributed by atoms with E-state index in [1.165, 1.54) is 4.90 Å². The van der Waals surface area contributed by atoms with Crippen LogP contribution in [0.15, 0.2) is 97.2 Å². The van der Waals surface area contributed by atoms with Crippen LogP contribution in [-0.4, -0.2) is 32.9 Å². The number of carbonyl (C=O) groups excluding carboxylic acids is 1. The van der Waals surface area contributed by atoms with Crippen molar-refractivity contribution in [2.45, 2.75) is 31.5 Å². The quantitative estimate of drug-likeness (QED) is 0.309.